The summed E-state index contributed by atoms with van der Waals surface area (Å²) in [6.45, 7) is -1.31. The largest absolute Gasteiger partial charge is 0.477 e. The molecule has 3 aromatic rings. The van der Waals surface area contributed by atoms with E-state index in [2.05, 4.69) is 25.1 Å². The van der Waals surface area contributed by atoms with Crippen LogP contribution in [0.25, 0.3) is 5.65 Å². The van der Waals surface area contributed by atoms with Gasteiger partial charge in [0, 0.05) is 35.0 Å². The molecule has 2 aliphatic heterocycles. The summed E-state index contributed by atoms with van der Waals surface area (Å²) >= 11 is 2.08. The smallest absolute Gasteiger partial charge is 0.352 e. The Morgan fingerprint density at radius 1 is 1.33 bits per heavy atom. The molecule has 0 bridgehead atoms. The minimum Gasteiger partial charge on any atom is -0.477 e. The normalized spacial score (nSPS) is 18.5. The number of rotatable bonds is 11. The molecule has 5 heterocycles. The fourth-order valence-corrected chi connectivity index (χ4v) is 6.20. The number of nitrogens with zero attached hydrogens (tertiary/aromatic N) is 6. The summed E-state index contributed by atoms with van der Waals surface area (Å²) < 4.78 is 19.9. The van der Waals surface area contributed by atoms with Crippen molar-refractivity contribution >= 4 is 69.3 Å². The van der Waals surface area contributed by atoms with E-state index in [-0.39, 0.29) is 41.4 Å². The van der Waals surface area contributed by atoms with E-state index in [4.69, 9.17) is 16.3 Å². The van der Waals surface area contributed by atoms with E-state index in [1.807, 2.05) is 0 Å². The number of halogens is 1. The van der Waals surface area contributed by atoms with Crippen LogP contribution in [-0.2, 0) is 30.6 Å². The summed E-state index contributed by atoms with van der Waals surface area (Å²) in [6, 6.07) is 4.15. The first-order valence-corrected chi connectivity index (χ1v) is 14.1. The molecule has 0 spiro atoms. The van der Waals surface area contributed by atoms with Crippen molar-refractivity contribution in [3.05, 3.63) is 47.7 Å². The number of nitrogen functional groups attached to an aromatic ring is 1. The molecule has 0 saturated carbocycles. The van der Waals surface area contributed by atoms with Crippen LogP contribution in [0, 0.1) is 0 Å². The molecule has 220 valence electrons. The molecule has 5 rings (SSSR count). The number of aromatic nitrogens is 4. The van der Waals surface area contributed by atoms with Crippen molar-refractivity contribution in [2.24, 2.45) is 10.9 Å². The number of β-lactam (4-membered cyclic amide) rings is 1. The van der Waals surface area contributed by atoms with E-state index in [0.717, 1.165) is 16.4 Å². The summed E-state index contributed by atoms with van der Waals surface area (Å²) in [5, 5.41) is 18.3. The lowest BCUT2D eigenvalue weighted by molar-refractivity contribution is -0.662. The third-order valence-corrected chi connectivity index (χ3v) is 8.12. The van der Waals surface area contributed by atoms with E-state index in [1.54, 1.807) is 39.6 Å². The quantitative estimate of drug-likeness (QED) is 0.0557. The number of carboxylic acids is 1. The van der Waals surface area contributed by atoms with Crippen molar-refractivity contribution in [3.63, 3.8) is 0 Å². The van der Waals surface area contributed by atoms with E-state index in [0.29, 0.717) is 17.0 Å². The maximum absolute atomic E-state index is 13.2. The van der Waals surface area contributed by atoms with Gasteiger partial charge in [0.05, 0.1) is 6.54 Å². The summed E-state index contributed by atoms with van der Waals surface area (Å²) in [5.74, 6) is -2.60. The standard InChI is InChI=1S/C23H23FN10O6S2/c24-4-7-40-30-15(18-29-23(26)42-31-18)19(36)28-16-20(37)34-17(22(38)39)11(10-41-21(16)34)9-32-5-6-33-12(27-13(35)8-25)2-1-3-14(32)33/h1-3,5-6,16,21H,4,7-10,25H2,(H4,26,28,29,31,36,38,39)/p+1/b30-15-/t16-,21-/m1/s1. The zero-order valence-corrected chi connectivity index (χ0v) is 23.2. The van der Waals surface area contributed by atoms with Gasteiger partial charge in [0.1, 0.15) is 49.3 Å². The summed E-state index contributed by atoms with van der Waals surface area (Å²) in [4.78, 5) is 60.2. The predicted molar refractivity (Wildman–Crippen MR) is 148 cm³/mol. The molecule has 1 saturated heterocycles. The van der Waals surface area contributed by atoms with E-state index in [9.17, 15) is 28.7 Å². The lowest BCUT2D eigenvalue weighted by Gasteiger charge is -2.49. The van der Waals surface area contributed by atoms with E-state index in [1.165, 1.54) is 11.8 Å². The second-order valence-electron chi connectivity index (χ2n) is 8.85. The van der Waals surface area contributed by atoms with E-state index < -0.39 is 48.2 Å². The Labute approximate surface area is 244 Å². The number of oxime groups is 1. The molecule has 3 aromatic heterocycles. The second-order valence-corrected chi connectivity index (χ2v) is 10.7. The number of carbonyl (C=O) groups is 4. The Kier molecular flexibility index (Phi) is 8.31. The minimum atomic E-state index is -1.29. The monoisotopic (exact) mass is 619 g/mol. The molecule has 1 fully saturated rings. The Morgan fingerprint density at radius 2 is 2.14 bits per heavy atom. The maximum Gasteiger partial charge on any atom is 0.352 e. The van der Waals surface area contributed by atoms with Crippen molar-refractivity contribution in [1.82, 2.24) is 24.0 Å². The molecule has 0 radical (unpaired) electrons. The van der Waals surface area contributed by atoms with Crippen LogP contribution in [0.4, 0.5) is 15.3 Å². The number of carbonyl (C=O) groups excluding carboxylic acids is 3. The zero-order valence-electron chi connectivity index (χ0n) is 21.6. The van der Waals surface area contributed by atoms with Crippen LogP contribution in [0.3, 0.4) is 0 Å². The molecule has 7 N–H and O–H groups in total. The maximum atomic E-state index is 13.2. The van der Waals surface area contributed by atoms with Crippen LogP contribution in [0.2, 0.25) is 0 Å². The molecule has 2 atom stereocenters. The number of aliphatic carboxylic acids is 1. The topological polar surface area (TPSA) is 224 Å². The number of nitrogens with two attached hydrogens (primary N) is 2. The Morgan fingerprint density at radius 3 is 2.83 bits per heavy atom. The first kappa shape index (κ1) is 28.9. The molecule has 0 aromatic carbocycles. The lowest BCUT2D eigenvalue weighted by Crippen LogP contribution is -2.71. The molecule has 2 aliphatic rings. The number of hydrogen-bond acceptors (Lipinski definition) is 12. The number of imidazole rings is 1. The van der Waals surface area contributed by atoms with Crippen LogP contribution in [0.15, 0.2) is 47.0 Å². The first-order valence-electron chi connectivity index (χ1n) is 12.3. The van der Waals surface area contributed by atoms with Gasteiger partial charge in [0.15, 0.2) is 5.13 Å². The summed E-state index contributed by atoms with van der Waals surface area (Å²) in [6.07, 6.45) is 3.44. The lowest BCUT2D eigenvalue weighted by atomic mass is 10.0. The Balaban J connectivity index is 1.36. The third-order valence-electron chi connectivity index (χ3n) is 6.24. The Hall–Kier alpha value is -4.62. The number of nitrogens with one attached hydrogen (secondary N) is 2. The SMILES string of the molecule is NCC(=O)Nc1cccc2n1cc[n+]2CC1=C(C(=O)O)N2C(=O)[C@@H](NC(=O)/C(=N\OCCF)c3nsc(N)n3)[C@H]2SC1. The fraction of sp³-hybridized carbons (Fsp3) is 0.304. The average Bonchev–Trinajstić information content (AvgIpc) is 3.60. The number of hydrogen-bond donors (Lipinski definition) is 5. The molecular weight excluding hydrogens is 595 g/mol. The number of carboxylic acid groups (broad SMARTS) is 1. The number of amides is 3. The number of thioether (sulfide) groups is 1. The summed E-state index contributed by atoms with van der Waals surface area (Å²) in [5.41, 5.74) is 11.5. The highest BCUT2D eigenvalue weighted by Gasteiger charge is 2.54. The number of fused-ring (bicyclic) bond motifs is 2. The minimum absolute atomic E-state index is 0.0545. The summed E-state index contributed by atoms with van der Waals surface area (Å²) in [7, 11) is 0. The Bertz CT molecular complexity index is 1640. The van der Waals surface area contributed by atoms with E-state index >= 15 is 0 Å². The van der Waals surface area contributed by atoms with Crippen LogP contribution >= 0.6 is 23.3 Å². The number of pyridine rings is 1. The van der Waals surface area contributed by atoms with Gasteiger partial charge in [-0.1, -0.05) is 5.16 Å². The van der Waals surface area contributed by atoms with Gasteiger partial charge in [-0.25, -0.2) is 13.8 Å². The molecule has 19 heteroatoms. The highest BCUT2D eigenvalue weighted by atomic mass is 32.2. The molecule has 0 aliphatic carbocycles. The van der Waals surface area contributed by atoms with Crippen molar-refractivity contribution in [1.29, 1.82) is 0 Å². The van der Waals surface area contributed by atoms with Crippen molar-refractivity contribution in [3.8, 4) is 0 Å². The molecular formula is C23H24FN10O6S2+. The highest BCUT2D eigenvalue weighted by Crippen LogP contribution is 2.40. The van der Waals surface area contributed by atoms with Gasteiger partial charge < -0.3 is 26.7 Å². The van der Waals surface area contributed by atoms with Crippen molar-refractivity contribution in [2.45, 2.75) is 18.0 Å². The van der Waals surface area contributed by atoms with Gasteiger partial charge in [-0.15, -0.1) is 11.8 Å². The van der Waals surface area contributed by atoms with Crippen molar-refractivity contribution < 1.29 is 38.1 Å². The van der Waals surface area contributed by atoms with Crippen LogP contribution in [-0.4, -0.2) is 90.2 Å². The van der Waals surface area contributed by atoms with Gasteiger partial charge in [0.2, 0.25) is 23.3 Å². The average molecular weight is 620 g/mol. The third kappa shape index (κ3) is 5.48. The number of alkyl halides is 1. The molecule has 16 nitrogen and oxygen atoms in total. The molecule has 3 amide bonds. The van der Waals surface area contributed by atoms with Gasteiger partial charge in [-0.05, 0) is 6.07 Å². The predicted octanol–water partition coefficient (Wildman–Crippen LogP) is -1.31. The highest BCUT2D eigenvalue weighted by molar-refractivity contribution is 8.00. The van der Waals surface area contributed by atoms with Crippen molar-refractivity contribution in [2.75, 3.05) is 36.6 Å². The van der Waals surface area contributed by atoms with Gasteiger partial charge >= 0.3 is 5.97 Å². The van der Waals surface area contributed by atoms with Crippen LogP contribution in [0.1, 0.15) is 5.82 Å². The number of anilines is 2. The van der Waals surface area contributed by atoms with Gasteiger partial charge in [-0.2, -0.15) is 13.8 Å². The molecule has 42 heavy (non-hydrogen) atoms. The van der Waals surface area contributed by atoms with Crippen LogP contribution < -0.4 is 26.7 Å². The molecule has 0 unspecified atom stereocenters. The fourth-order valence-electron chi connectivity index (χ4n) is 4.43. The van der Waals surface area contributed by atoms with Gasteiger partial charge in [0.25, 0.3) is 17.5 Å². The van der Waals surface area contributed by atoms with Gasteiger partial charge in [-0.3, -0.25) is 24.6 Å². The first-order chi connectivity index (χ1) is 20.2. The van der Waals surface area contributed by atoms with Crippen LogP contribution in [0.5, 0.6) is 0 Å². The second kappa shape index (κ2) is 12.1. The zero-order chi connectivity index (χ0) is 30.0.